The van der Waals surface area contributed by atoms with Gasteiger partial charge in [0, 0.05) is 21.2 Å². The average molecular weight is 307 g/mol. The number of hydrogen-bond acceptors (Lipinski definition) is 3. The van der Waals surface area contributed by atoms with Crippen molar-refractivity contribution in [2.45, 2.75) is 23.1 Å². The Balaban J connectivity index is 2.22. The van der Waals surface area contributed by atoms with Gasteiger partial charge in [0.15, 0.2) is 0 Å². The number of methoxy groups -OCH3 is 1. The van der Waals surface area contributed by atoms with Crippen LogP contribution in [0.4, 0.5) is 0 Å². The highest BCUT2D eigenvalue weighted by Gasteiger charge is 2.07. The van der Waals surface area contributed by atoms with Crippen molar-refractivity contribution in [1.29, 1.82) is 0 Å². The average Bonchev–Trinajstić information content (AvgIpc) is 2.44. The summed E-state index contributed by atoms with van der Waals surface area (Å²) in [6, 6.07) is 11.8. The first-order valence-electron chi connectivity index (χ1n) is 6.18. The van der Waals surface area contributed by atoms with Crippen molar-refractivity contribution in [3.8, 4) is 5.75 Å². The Kier molecular flexibility index (Phi) is 5.10. The van der Waals surface area contributed by atoms with Crippen LogP contribution in [0.2, 0.25) is 5.02 Å². The van der Waals surface area contributed by atoms with E-state index in [0.29, 0.717) is 11.4 Å². The van der Waals surface area contributed by atoms with Gasteiger partial charge in [-0.3, -0.25) is 0 Å². The predicted molar refractivity (Wildman–Crippen MR) is 83.1 cm³/mol. The number of ether oxygens (including phenoxy) is 1. The zero-order valence-electron chi connectivity index (χ0n) is 11.4. The van der Waals surface area contributed by atoms with Crippen molar-refractivity contribution in [2.24, 2.45) is 0 Å². The Morgan fingerprint density at radius 3 is 2.45 bits per heavy atom. The van der Waals surface area contributed by atoms with Crippen molar-refractivity contribution in [1.82, 2.24) is 0 Å². The smallest absolute Gasteiger partial charge is 0.124 e. The monoisotopic (exact) mass is 306 g/mol. The fourth-order valence-corrected chi connectivity index (χ4v) is 3.29. The lowest BCUT2D eigenvalue weighted by molar-refractivity contribution is -0.107. The summed E-state index contributed by atoms with van der Waals surface area (Å²) < 4.78 is 5.14. The molecule has 0 spiro atoms. The minimum absolute atomic E-state index is 0.359. The van der Waals surface area contributed by atoms with E-state index in [4.69, 9.17) is 16.3 Å². The molecule has 20 heavy (non-hydrogen) atoms. The number of carbonyl (C=O) groups excluding carboxylic acids is 1. The molecule has 104 valence electrons. The minimum atomic E-state index is 0.359. The van der Waals surface area contributed by atoms with Crippen molar-refractivity contribution in [2.75, 3.05) is 7.11 Å². The molecule has 4 heteroatoms. The first-order valence-corrected chi connectivity index (χ1v) is 7.38. The zero-order chi connectivity index (χ0) is 14.5. The molecular weight excluding hydrogens is 292 g/mol. The Hall–Kier alpha value is -1.45. The summed E-state index contributed by atoms with van der Waals surface area (Å²) in [6.07, 6.45) is 1.24. The van der Waals surface area contributed by atoms with Crippen LogP contribution in [0.3, 0.4) is 0 Å². The largest absolute Gasteiger partial charge is 0.497 e. The number of aldehydes is 1. The molecule has 0 saturated heterocycles. The summed E-state index contributed by atoms with van der Waals surface area (Å²) in [5, 5.41) is 0.646. The molecule has 0 aliphatic rings. The Morgan fingerprint density at radius 2 is 1.90 bits per heavy atom. The highest BCUT2D eigenvalue weighted by molar-refractivity contribution is 7.99. The number of hydrogen-bond donors (Lipinski definition) is 0. The second-order valence-corrected chi connectivity index (χ2v) is 5.90. The second-order valence-electron chi connectivity index (χ2n) is 4.35. The molecule has 0 aliphatic heterocycles. The standard InChI is InChI=1S/C16H15ClO2S/c1-11-9-14(10-16(17)15(11)7-8-18)20-13-5-3-12(19-2)4-6-13/h3-6,8-10H,7H2,1-2H3. The summed E-state index contributed by atoms with van der Waals surface area (Å²) >= 11 is 7.87. The lowest BCUT2D eigenvalue weighted by Crippen LogP contribution is -1.93. The molecule has 2 nitrogen and oxygen atoms in total. The Bertz CT molecular complexity index is 585. The molecule has 0 amide bonds. The van der Waals surface area contributed by atoms with Crippen molar-refractivity contribution < 1.29 is 9.53 Å². The Labute approximate surface area is 128 Å². The van der Waals surface area contributed by atoms with Crippen LogP contribution in [0.15, 0.2) is 46.2 Å². The van der Waals surface area contributed by atoms with Crippen LogP contribution in [-0.4, -0.2) is 13.4 Å². The molecule has 0 atom stereocenters. The molecule has 0 fully saturated rings. The SMILES string of the molecule is COc1ccc(Sc2cc(C)c(CC=O)c(Cl)c2)cc1. The van der Waals surface area contributed by atoms with Gasteiger partial charge in [-0.15, -0.1) is 0 Å². The quantitative estimate of drug-likeness (QED) is 0.758. The van der Waals surface area contributed by atoms with E-state index in [1.54, 1.807) is 18.9 Å². The van der Waals surface area contributed by atoms with Crippen molar-refractivity contribution in [3.05, 3.63) is 52.5 Å². The maximum absolute atomic E-state index is 10.6. The first kappa shape index (κ1) is 14.9. The van der Waals surface area contributed by atoms with Crippen molar-refractivity contribution in [3.63, 3.8) is 0 Å². The Morgan fingerprint density at radius 1 is 1.20 bits per heavy atom. The normalized spacial score (nSPS) is 10.3. The maximum Gasteiger partial charge on any atom is 0.124 e. The minimum Gasteiger partial charge on any atom is -0.497 e. The summed E-state index contributed by atoms with van der Waals surface area (Å²) in [6.45, 7) is 1.97. The van der Waals surface area contributed by atoms with Crippen LogP contribution < -0.4 is 4.74 Å². The first-order chi connectivity index (χ1) is 9.63. The number of rotatable bonds is 5. The predicted octanol–water partition coefficient (Wildman–Crippen LogP) is 4.55. The molecule has 0 N–H and O–H groups in total. The van der Waals surface area contributed by atoms with E-state index >= 15 is 0 Å². The van der Waals surface area contributed by atoms with Crippen LogP contribution in [0.1, 0.15) is 11.1 Å². The molecule has 2 aromatic carbocycles. The summed E-state index contributed by atoms with van der Waals surface area (Å²) in [4.78, 5) is 12.8. The summed E-state index contributed by atoms with van der Waals surface area (Å²) in [5.41, 5.74) is 1.95. The van der Waals surface area contributed by atoms with Gasteiger partial charge in [-0.1, -0.05) is 23.4 Å². The third-order valence-corrected chi connectivity index (χ3v) is 4.29. The maximum atomic E-state index is 10.6. The van der Waals surface area contributed by atoms with Gasteiger partial charge in [0.05, 0.1) is 7.11 Å². The van der Waals surface area contributed by atoms with Gasteiger partial charge in [0.2, 0.25) is 0 Å². The number of aryl methyl sites for hydroxylation is 1. The lowest BCUT2D eigenvalue weighted by Gasteiger charge is -2.09. The number of halogens is 1. The van der Waals surface area contributed by atoms with Crippen LogP contribution >= 0.6 is 23.4 Å². The highest BCUT2D eigenvalue weighted by Crippen LogP contribution is 2.33. The van der Waals surface area contributed by atoms with Crippen LogP contribution in [0.25, 0.3) is 0 Å². The molecule has 0 radical (unpaired) electrons. The van der Waals surface area contributed by atoms with Gasteiger partial charge in [-0.25, -0.2) is 0 Å². The molecular formula is C16H15ClO2S. The molecule has 0 unspecified atom stereocenters. The molecule has 0 aliphatic carbocycles. The fraction of sp³-hybridized carbons (Fsp3) is 0.188. The van der Waals surface area contributed by atoms with E-state index in [-0.39, 0.29) is 0 Å². The van der Waals surface area contributed by atoms with E-state index in [1.807, 2.05) is 37.3 Å². The molecule has 0 aromatic heterocycles. The molecule has 0 saturated carbocycles. The summed E-state index contributed by atoms with van der Waals surface area (Å²) in [5.74, 6) is 0.838. The van der Waals surface area contributed by atoms with Gasteiger partial charge in [-0.05, 0) is 54.4 Å². The zero-order valence-corrected chi connectivity index (χ0v) is 12.9. The molecule has 2 aromatic rings. The second kappa shape index (κ2) is 6.82. The molecule has 0 heterocycles. The number of benzene rings is 2. The van der Waals surface area contributed by atoms with E-state index < -0.39 is 0 Å². The van der Waals surface area contributed by atoms with Gasteiger partial charge in [0.1, 0.15) is 12.0 Å². The van der Waals surface area contributed by atoms with E-state index in [1.165, 1.54) is 0 Å². The van der Waals surface area contributed by atoms with Gasteiger partial charge >= 0.3 is 0 Å². The van der Waals surface area contributed by atoms with Gasteiger partial charge in [0.25, 0.3) is 0 Å². The van der Waals surface area contributed by atoms with E-state index in [2.05, 4.69) is 6.07 Å². The van der Waals surface area contributed by atoms with Crippen LogP contribution in [-0.2, 0) is 11.2 Å². The fourth-order valence-electron chi connectivity index (χ4n) is 1.92. The molecule has 2 rings (SSSR count). The third kappa shape index (κ3) is 3.56. The van der Waals surface area contributed by atoms with E-state index in [9.17, 15) is 4.79 Å². The third-order valence-electron chi connectivity index (χ3n) is 2.97. The van der Waals surface area contributed by atoms with Crippen LogP contribution in [0.5, 0.6) is 5.75 Å². The van der Waals surface area contributed by atoms with Crippen molar-refractivity contribution >= 4 is 29.6 Å². The topological polar surface area (TPSA) is 26.3 Å². The van der Waals surface area contributed by atoms with Crippen LogP contribution in [0, 0.1) is 6.92 Å². The highest BCUT2D eigenvalue weighted by atomic mass is 35.5. The van der Waals surface area contributed by atoms with Gasteiger partial charge < -0.3 is 9.53 Å². The van der Waals surface area contributed by atoms with Gasteiger partial charge in [-0.2, -0.15) is 0 Å². The lowest BCUT2D eigenvalue weighted by atomic mass is 10.1. The number of carbonyl (C=O) groups is 1. The molecule has 0 bridgehead atoms. The summed E-state index contributed by atoms with van der Waals surface area (Å²) in [7, 11) is 1.65. The van der Waals surface area contributed by atoms with E-state index in [0.717, 1.165) is 33.0 Å².